The van der Waals surface area contributed by atoms with Gasteiger partial charge in [-0.1, -0.05) is 0 Å². The minimum atomic E-state index is -4.99. The van der Waals surface area contributed by atoms with Gasteiger partial charge in [-0.05, 0) is 19.9 Å². The number of carbonyl (C=O) groups excluding carboxylic acids is 1. The van der Waals surface area contributed by atoms with Crippen LogP contribution < -0.4 is 51.4 Å². The van der Waals surface area contributed by atoms with Crippen LogP contribution in [0, 0.1) is 10.1 Å². The molecule has 0 aliphatic rings. The van der Waals surface area contributed by atoms with E-state index in [1.807, 2.05) is 0 Å². The van der Waals surface area contributed by atoms with Crippen LogP contribution in [0.4, 0.5) is 5.69 Å². The smallest absolute Gasteiger partial charge is 0.744 e. The third kappa shape index (κ3) is 5.09. The maximum absolute atomic E-state index is 12.1. The number of nitrogens with zero attached hydrogens (tertiary/aromatic N) is 2. The van der Waals surface area contributed by atoms with Gasteiger partial charge in [0, 0.05) is 25.2 Å². The summed E-state index contributed by atoms with van der Waals surface area (Å²) in [6, 6.07) is 2.59. The van der Waals surface area contributed by atoms with Crippen molar-refractivity contribution in [1.82, 2.24) is 4.90 Å². The largest absolute Gasteiger partial charge is 1.00 e. The van der Waals surface area contributed by atoms with Gasteiger partial charge < -0.3 is 9.45 Å². The van der Waals surface area contributed by atoms with Crippen molar-refractivity contribution in [2.24, 2.45) is 0 Å². The van der Waals surface area contributed by atoms with Crippen LogP contribution in [0.2, 0.25) is 0 Å². The van der Waals surface area contributed by atoms with Gasteiger partial charge in [0.1, 0.15) is 10.1 Å². The standard InChI is InChI=1S/C11H14N2O6S.K/c1-3-12(4-2)11(14)9-6-5-8(13(15)16)7-10(9)20(17,18)19;/h5-7H,3-4H2,1-2H3,(H,17,18,19);/q;+1/p-1. The number of amides is 1. The second-order valence-corrected chi connectivity index (χ2v) is 5.22. The van der Waals surface area contributed by atoms with E-state index >= 15 is 0 Å². The van der Waals surface area contributed by atoms with Gasteiger partial charge in [-0.3, -0.25) is 14.9 Å². The van der Waals surface area contributed by atoms with Crippen LogP contribution in [-0.4, -0.2) is 41.8 Å². The SMILES string of the molecule is CCN(CC)C(=O)c1ccc([N+](=O)[O-])cc1S(=O)(=O)[O-].[K+]. The first-order valence-corrected chi connectivity index (χ1v) is 7.16. The fraction of sp³-hybridized carbons (Fsp3) is 0.364. The molecule has 0 unspecified atom stereocenters. The predicted octanol–water partition coefficient (Wildman–Crippen LogP) is -2.02. The average Bonchev–Trinajstić information content (AvgIpc) is 2.38. The molecule has 0 aromatic heterocycles. The Hall–Kier alpha value is -0.364. The summed E-state index contributed by atoms with van der Waals surface area (Å²) in [5.41, 5.74) is -0.912. The van der Waals surface area contributed by atoms with Crippen molar-refractivity contribution in [2.75, 3.05) is 13.1 Å². The predicted molar refractivity (Wildman–Crippen MR) is 68.3 cm³/mol. The molecule has 1 amide bonds. The van der Waals surface area contributed by atoms with E-state index in [4.69, 9.17) is 0 Å². The van der Waals surface area contributed by atoms with Crippen LogP contribution >= 0.6 is 0 Å². The van der Waals surface area contributed by atoms with Gasteiger partial charge in [0.05, 0.1) is 15.4 Å². The van der Waals surface area contributed by atoms with E-state index in [0.717, 1.165) is 12.1 Å². The van der Waals surface area contributed by atoms with Gasteiger partial charge >= 0.3 is 51.4 Å². The van der Waals surface area contributed by atoms with Crippen LogP contribution in [-0.2, 0) is 10.1 Å². The zero-order chi connectivity index (χ0) is 15.5. The van der Waals surface area contributed by atoms with Crippen LogP contribution in [0.5, 0.6) is 0 Å². The topological polar surface area (TPSA) is 121 Å². The summed E-state index contributed by atoms with van der Waals surface area (Å²) < 4.78 is 33.5. The molecule has 0 saturated carbocycles. The van der Waals surface area contributed by atoms with Crippen molar-refractivity contribution in [1.29, 1.82) is 0 Å². The minimum Gasteiger partial charge on any atom is -0.744 e. The Kier molecular flexibility index (Phi) is 8.17. The van der Waals surface area contributed by atoms with Crippen molar-refractivity contribution >= 4 is 21.7 Å². The van der Waals surface area contributed by atoms with E-state index < -0.39 is 31.5 Å². The summed E-state index contributed by atoms with van der Waals surface area (Å²) in [6.07, 6.45) is 0. The number of hydrogen-bond donors (Lipinski definition) is 0. The molecule has 21 heavy (non-hydrogen) atoms. The molecule has 0 heterocycles. The molecule has 0 bridgehead atoms. The normalized spacial score (nSPS) is 10.6. The second-order valence-electron chi connectivity index (χ2n) is 3.87. The fourth-order valence-corrected chi connectivity index (χ4v) is 2.38. The van der Waals surface area contributed by atoms with Crippen LogP contribution in [0.25, 0.3) is 0 Å². The first-order chi connectivity index (χ1) is 9.22. The fourth-order valence-electron chi connectivity index (χ4n) is 1.69. The molecule has 0 aliphatic heterocycles. The van der Waals surface area contributed by atoms with Gasteiger partial charge in [0.2, 0.25) is 0 Å². The molecule has 10 heteroatoms. The molecule has 0 fully saturated rings. The van der Waals surface area contributed by atoms with E-state index in [-0.39, 0.29) is 56.9 Å². The van der Waals surface area contributed by atoms with Gasteiger partial charge in [0.25, 0.3) is 11.6 Å². The Balaban J connectivity index is 0.00000400. The maximum Gasteiger partial charge on any atom is 1.00 e. The molecular weight excluding hydrogens is 327 g/mol. The summed E-state index contributed by atoms with van der Waals surface area (Å²) in [5, 5.41) is 10.6. The molecule has 8 nitrogen and oxygen atoms in total. The maximum atomic E-state index is 12.1. The number of nitro benzene ring substituents is 1. The number of benzene rings is 1. The van der Waals surface area contributed by atoms with Crippen LogP contribution in [0.3, 0.4) is 0 Å². The zero-order valence-corrected chi connectivity index (χ0v) is 15.8. The van der Waals surface area contributed by atoms with Gasteiger partial charge in [-0.15, -0.1) is 0 Å². The van der Waals surface area contributed by atoms with Gasteiger partial charge in [0.15, 0.2) is 0 Å². The molecule has 110 valence electrons. The van der Waals surface area contributed by atoms with E-state index in [1.165, 1.54) is 4.90 Å². The molecule has 0 aliphatic carbocycles. The van der Waals surface area contributed by atoms with Crippen molar-refractivity contribution in [3.05, 3.63) is 33.9 Å². The second kappa shape index (κ2) is 8.32. The average molecular weight is 340 g/mol. The molecule has 1 rings (SSSR count). The first-order valence-electron chi connectivity index (χ1n) is 5.76. The van der Waals surface area contributed by atoms with E-state index in [9.17, 15) is 27.9 Å². The Morgan fingerprint density at radius 2 is 1.81 bits per heavy atom. The summed E-state index contributed by atoms with van der Waals surface area (Å²) in [4.78, 5) is 22.3. The Morgan fingerprint density at radius 1 is 1.29 bits per heavy atom. The van der Waals surface area contributed by atoms with E-state index in [2.05, 4.69) is 0 Å². The molecule has 0 N–H and O–H groups in total. The number of carbonyl (C=O) groups is 1. The Morgan fingerprint density at radius 3 is 2.19 bits per heavy atom. The monoisotopic (exact) mass is 340 g/mol. The minimum absolute atomic E-state index is 0. The van der Waals surface area contributed by atoms with Crippen LogP contribution in [0.15, 0.2) is 23.1 Å². The van der Waals surface area contributed by atoms with Crippen molar-refractivity contribution in [3.8, 4) is 0 Å². The molecule has 0 spiro atoms. The van der Waals surface area contributed by atoms with Gasteiger partial charge in [-0.25, -0.2) is 8.42 Å². The summed E-state index contributed by atoms with van der Waals surface area (Å²) in [6.45, 7) is 4.03. The Bertz CT molecular complexity index is 642. The van der Waals surface area contributed by atoms with Crippen LogP contribution in [0.1, 0.15) is 24.2 Å². The third-order valence-corrected chi connectivity index (χ3v) is 3.60. The third-order valence-electron chi connectivity index (χ3n) is 2.73. The molecule has 0 radical (unpaired) electrons. The Labute approximate surface area is 164 Å². The number of rotatable bonds is 5. The summed E-state index contributed by atoms with van der Waals surface area (Å²) in [7, 11) is -4.99. The molecular formula is C11H13KN2O6S. The molecule has 1 aromatic carbocycles. The summed E-state index contributed by atoms with van der Waals surface area (Å²) in [5.74, 6) is -0.653. The zero-order valence-electron chi connectivity index (χ0n) is 11.9. The van der Waals surface area contributed by atoms with Gasteiger partial charge in [-0.2, -0.15) is 0 Å². The van der Waals surface area contributed by atoms with E-state index in [0.29, 0.717) is 19.2 Å². The number of nitro groups is 1. The van der Waals surface area contributed by atoms with Crippen molar-refractivity contribution in [3.63, 3.8) is 0 Å². The molecule has 1 aromatic rings. The summed E-state index contributed by atoms with van der Waals surface area (Å²) >= 11 is 0. The molecule has 0 atom stereocenters. The quantitative estimate of drug-likeness (QED) is 0.264. The van der Waals surface area contributed by atoms with Crippen molar-refractivity contribution < 1.29 is 74.1 Å². The number of non-ortho nitro benzene ring substituents is 1. The molecule has 0 saturated heterocycles. The number of hydrogen-bond acceptors (Lipinski definition) is 6. The first kappa shape index (κ1) is 20.6. The van der Waals surface area contributed by atoms with Crippen molar-refractivity contribution in [2.45, 2.75) is 18.7 Å². The van der Waals surface area contributed by atoms with E-state index in [1.54, 1.807) is 13.8 Å².